The highest BCUT2D eigenvalue weighted by molar-refractivity contribution is 5.00. The predicted molar refractivity (Wildman–Crippen MR) is 74.9 cm³/mol. The molecule has 0 amide bonds. The van der Waals surface area contributed by atoms with Gasteiger partial charge in [-0.25, -0.2) is 0 Å². The molecule has 0 spiro atoms. The first-order valence-corrected chi connectivity index (χ1v) is 7.70. The van der Waals surface area contributed by atoms with Crippen LogP contribution < -0.4 is 0 Å². The lowest BCUT2D eigenvalue weighted by molar-refractivity contribution is 0.0229. The van der Waals surface area contributed by atoms with Crippen LogP contribution in [0.25, 0.3) is 0 Å². The molecule has 17 heavy (non-hydrogen) atoms. The number of aliphatic hydroxyl groups is 1. The highest BCUT2D eigenvalue weighted by Gasteiger charge is 2.51. The van der Waals surface area contributed by atoms with Crippen molar-refractivity contribution in [2.24, 2.45) is 29.1 Å². The third-order valence-corrected chi connectivity index (χ3v) is 5.52. The topological polar surface area (TPSA) is 20.2 Å². The van der Waals surface area contributed by atoms with Crippen molar-refractivity contribution in [3.63, 3.8) is 0 Å². The fourth-order valence-corrected chi connectivity index (χ4v) is 4.67. The number of hydrogen-bond acceptors (Lipinski definition) is 1. The second kappa shape index (κ2) is 6.22. The van der Waals surface area contributed by atoms with E-state index in [0.717, 1.165) is 17.8 Å². The standard InChI is InChI=1S/C14H26O.C2H6/c1-10-5-4-8-14(3)12(10)6-7-13(14)11(2)9-15;1-2/h10-13,15H,4-9H2,1-3H3;1-2H3/t10?,11-,12?,13?,14?;/m1./s1. The SMILES string of the molecule is CC.CC1CCCC2(C)C1CCC2[C@H](C)CO. The van der Waals surface area contributed by atoms with Crippen LogP contribution in [0.1, 0.15) is 66.7 Å². The van der Waals surface area contributed by atoms with Gasteiger partial charge in [0.15, 0.2) is 0 Å². The van der Waals surface area contributed by atoms with Crippen LogP contribution in [0.5, 0.6) is 0 Å². The maximum absolute atomic E-state index is 9.37. The zero-order valence-electron chi connectivity index (χ0n) is 12.5. The molecule has 0 radical (unpaired) electrons. The molecule has 0 aromatic rings. The molecule has 0 saturated heterocycles. The molecule has 0 aromatic carbocycles. The molecule has 0 bridgehead atoms. The number of aliphatic hydroxyl groups excluding tert-OH is 1. The van der Waals surface area contributed by atoms with Crippen LogP contribution in [0.4, 0.5) is 0 Å². The lowest BCUT2D eigenvalue weighted by atomic mass is 9.60. The molecule has 2 fully saturated rings. The zero-order valence-corrected chi connectivity index (χ0v) is 12.5. The molecule has 5 atom stereocenters. The molecule has 102 valence electrons. The highest BCUT2D eigenvalue weighted by Crippen LogP contribution is 2.59. The smallest absolute Gasteiger partial charge is 0.0459 e. The van der Waals surface area contributed by atoms with Gasteiger partial charge in [-0.1, -0.05) is 47.5 Å². The minimum absolute atomic E-state index is 0.376. The third-order valence-electron chi connectivity index (χ3n) is 5.52. The number of rotatable bonds is 2. The lowest BCUT2D eigenvalue weighted by Crippen LogP contribution is -2.38. The van der Waals surface area contributed by atoms with Gasteiger partial charge in [-0.3, -0.25) is 0 Å². The van der Waals surface area contributed by atoms with Gasteiger partial charge < -0.3 is 5.11 Å². The van der Waals surface area contributed by atoms with E-state index in [0.29, 0.717) is 17.9 Å². The average molecular weight is 240 g/mol. The monoisotopic (exact) mass is 240 g/mol. The molecule has 1 nitrogen and oxygen atoms in total. The first-order valence-electron chi connectivity index (χ1n) is 7.70. The molecule has 1 heteroatoms. The Balaban J connectivity index is 0.000000686. The second-order valence-corrected chi connectivity index (χ2v) is 6.33. The van der Waals surface area contributed by atoms with Crippen molar-refractivity contribution in [1.82, 2.24) is 0 Å². The minimum atomic E-state index is 0.376. The molecule has 2 saturated carbocycles. The van der Waals surface area contributed by atoms with Crippen LogP contribution in [-0.4, -0.2) is 11.7 Å². The van der Waals surface area contributed by atoms with Gasteiger partial charge in [0.25, 0.3) is 0 Å². The first-order chi connectivity index (χ1) is 8.09. The summed E-state index contributed by atoms with van der Waals surface area (Å²) in [6.45, 7) is 11.5. The zero-order chi connectivity index (χ0) is 13.1. The molecule has 1 N–H and O–H groups in total. The van der Waals surface area contributed by atoms with Gasteiger partial charge in [-0.15, -0.1) is 0 Å². The normalized spacial score (nSPS) is 42.4. The van der Waals surface area contributed by atoms with Crippen molar-refractivity contribution >= 4 is 0 Å². The van der Waals surface area contributed by atoms with Crippen molar-refractivity contribution in [2.45, 2.75) is 66.7 Å². The predicted octanol–water partition coefficient (Wildman–Crippen LogP) is 4.49. The Bertz CT molecular complexity index is 226. The molecule has 2 aliphatic rings. The summed E-state index contributed by atoms with van der Waals surface area (Å²) >= 11 is 0. The summed E-state index contributed by atoms with van der Waals surface area (Å²) in [6.07, 6.45) is 7.00. The van der Waals surface area contributed by atoms with Gasteiger partial charge in [-0.05, 0) is 48.3 Å². The molecule has 0 heterocycles. The Hall–Kier alpha value is -0.0400. The molecular formula is C16H32O. The van der Waals surface area contributed by atoms with Crippen LogP contribution in [-0.2, 0) is 0 Å². The second-order valence-electron chi connectivity index (χ2n) is 6.33. The average Bonchev–Trinajstić information content (AvgIpc) is 2.69. The minimum Gasteiger partial charge on any atom is -0.396 e. The summed E-state index contributed by atoms with van der Waals surface area (Å²) < 4.78 is 0. The molecular weight excluding hydrogens is 208 g/mol. The summed E-state index contributed by atoms with van der Waals surface area (Å²) in [5.41, 5.74) is 0.541. The third kappa shape index (κ3) is 2.70. The van der Waals surface area contributed by atoms with E-state index in [1.54, 1.807) is 0 Å². The number of fused-ring (bicyclic) bond motifs is 1. The fraction of sp³-hybridized carbons (Fsp3) is 1.00. The maximum Gasteiger partial charge on any atom is 0.0459 e. The Morgan fingerprint density at radius 3 is 2.47 bits per heavy atom. The van der Waals surface area contributed by atoms with E-state index in [9.17, 15) is 5.11 Å². The van der Waals surface area contributed by atoms with Crippen LogP contribution in [0, 0.1) is 29.1 Å². The van der Waals surface area contributed by atoms with E-state index in [1.807, 2.05) is 13.8 Å². The Labute approximate surface area is 108 Å². The number of hydrogen-bond donors (Lipinski definition) is 1. The summed E-state index contributed by atoms with van der Waals surface area (Å²) in [6, 6.07) is 0. The van der Waals surface area contributed by atoms with Gasteiger partial charge in [0.05, 0.1) is 0 Å². The van der Waals surface area contributed by atoms with Crippen molar-refractivity contribution in [3.8, 4) is 0 Å². The van der Waals surface area contributed by atoms with Crippen molar-refractivity contribution in [3.05, 3.63) is 0 Å². The Morgan fingerprint density at radius 1 is 1.24 bits per heavy atom. The van der Waals surface area contributed by atoms with Gasteiger partial charge >= 0.3 is 0 Å². The molecule has 2 rings (SSSR count). The van der Waals surface area contributed by atoms with Gasteiger partial charge in [0.2, 0.25) is 0 Å². The summed E-state index contributed by atoms with van der Waals surface area (Å²) in [5.74, 6) is 3.13. The van der Waals surface area contributed by atoms with E-state index in [-0.39, 0.29) is 0 Å². The molecule has 4 unspecified atom stereocenters. The fourth-order valence-electron chi connectivity index (χ4n) is 4.67. The van der Waals surface area contributed by atoms with Crippen LogP contribution >= 0.6 is 0 Å². The van der Waals surface area contributed by atoms with E-state index in [2.05, 4.69) is 20.8 Å². The highest BCUT2D eigenvalue weighted by atomic mass is 16.3. The summed E-state index contributed by atoms with van der Waals surface area (Å²) in [4.78, 5) is 0. The Kier molecular flexibility index (Phi) is 5.50. The van der Waals surface area contributed by atoms with E-state index in [4.69, 9.17) is 0 Å². The van der Waals surface area contributed by atoms with Gasteiger partial charge in [0, 0.05) is 6.61 Å². The van der Waals surface area contributed by atoms with Gasteiger partial charge in [-0.2, -0.15) is 0 Å². The molecule has 2 aliphatic carbocycles. The van der Waals surface area contributed by atoms with Crippen LogP contribution in [0.2, 0.25) is 0 Å². The van der Waals surface area contributed by atoms with Crippen molar-refractivity contribution in [1.29, 1.82) is 0 Å². The maximum atomic E-state index is 9.37. The largest absolute Gasteiger partial charge is 0.396 e. The van der Waals surface area contributed by atoms with Crippen molar-refractivity contribution < 1.29 is 5.11 Å². The molecule has 0 aliphatic heterocycles. The first kappa shape index (κ1) is 15.0. The van der Waals surface area contributed by atoms with Crippen molar-refractivity contribution in [2.75, 3.05) is 6.61 Å². The van der Waals surface area contributed by atoms with Crippen LogP contribution in [0.3, 0.4) is 0 Å². The van der Waals surface area contributed by atoms with E-state index >= 15 is 0 Å². The summed E-state index contributed by atoms with van der Waals surface area (Å²) in [7, 11) is 0. The quantitative estimate of drug-likeness (QED) is 0.754. The van der Waals surface area contributed by atoms with Crippen LogP contribution in [0.15, 0.2) is 0 Å². The van der Waals surface area contributed by atoms with E-state index < -0.39 is 0 Å². The Morgan fingerprint density at radius 2 is 1.88 bits per heavy atom. The summed E-state index contributed by atoms with van der Waals surface area (Å²) in [5, 5.41) is 9.37. The lowest BCUT2D eigenvalue weighted by Gasteiger charge is -2.45. The van der Waals surface area contributed by atoms with Gasteiger partial charge in [0.1, 0.15) is 0 Å². The molecule has 0 aromatic heterocycles. The van der Waals surface area contributed by atoms with E-state index in [1.165, 1.54) is 32.1 Å².